The van der Waals surface area contributed by atoms with E-state index < -0.39 is 37.3 Å². The van der Waals surface area contributed by atoms with Gasteiger partial charge < -0.3 is 40.1 Å². The number of amides is 2. The summed E-state index contributed by atoms with van der Waals surface area (Å²) < 4.78 is 11.4. The highest BCUT2D eigenvalue weighted by Crippen LogP contribution is 2.33. The molecule has 0 aliphatic carbocycles. The quantitative estimate of drug-likeness (QED) is 0.241. The smallest absolute Gasteiger partial charge is 0.261 e. The van der Waals surface area contributed by atoms with Crippen LogP contribution >= 0.6 is 0 Å². The lowest BCUT2D eigenvalue weighted by Gasteiger charge is -2.39. The predicted octanol–water partition coefficient (Wildman–Crippen LogP) is 0.788. The minimum absolute atomic E-state index is 0.274. The minimum Gasteiger partial charge on any atom is -0.462 e. The van der Waals surface area contributed by atoms with E-state index in [1.807, 2.05) is 43.3 Å². The first-order valence-corrected chi connectivity index (χ1v) is 13.1. The number of anilines is 1. The predicted molar refractivity (Wildman–Crippen MR) is 146 cm³/mol. The molecular weight excluding hydrogens is 518 g/mol. The van der Waals surface area contributed by atoms with Gasteiger partial charge in [0.2, 0.25) is 6.29 Å². The molecule has 5 N–H and O–H groups in total. The molecule has 212 valence electrons. The number of para-hydroxylation sites is 1. The summed E-state index contributed by atoms with van der Waals surface area (Å²) in [5.74, 6) is -0.282. The number of hydrogen-bond acceptors (Lipinski definition) is 10. The third-order valence-corrected chi connectivity index (χ3v) is 7.25. The third kappa shape index (κ3) is 5.27. The molecule has 3 aromatic carbocycles. The van der Waals surface area contributed by atoms with E-state index in [1.165, 1.54) is 4.90 Å². The maximum absolute atomic E-state index is 13.4. The van der Waals surface area contributed by atoms with Gasteiger partial charge in [0.25, 0.3) is 11.8 Å². The fourth-order valence-electron chi connectivity index (χ4n) is 5.01. The molecule has 5 rings (SSSR count). The summed E-state index contributed by atoms with van der Waals surface area (Å²) in [4.78, 5) is 29.7. The molecule has 5 atom stereocenters. The Bertz CT molecular complexity index is 1410. The van der Waals surface area contributed by atoms with Crippen LogP contribution in [0.1, 0.15) is 26.3 Å². The van der Waals surface area contributed by atoms with Crippen molar-refractivity contribution in [1.29, 1.82) is 0 Å². The number of carbonyl (C=O) groups is 2. The third-order valence-electron chi connectivity index (χ3n) is 7.25. The van der Waals surface area contributed by atoms with Crippen molar-refractivity contribution in [3.05, 3.63) is 71.3 Å². The van der Waals surface area contributed by atoms with Crippen molar-refractivity contribution in [3.8, 4) is 5.75 Å². The highest BCUT2D eigenvalue weighted by molar-refractivity contribution is 6.26. The lowest BCUT2D eigenvalue weighted by atomic mass is 9.93. The van der Waals surface area contributed by atoms with Crippen LogP contribution < -0.4 is 10.1 Å². The second kappa shape index (κ2) is 11.5. The molecule has 1 fully saturated rings. The molecule has 0 saturated carbocycles. The Morgan fingerprint density at radius 3 is 2.45 bits per heavy atom. The molecule has 2 amide bonds. The highest BCUT2D eigenvalue weighted by Gasteiger charge is 2.45. The molecule has 1 saturated heterocycles. The highest BCUT2D eigenvalue weighted by atomic mass is 16.7. The fourth-order valence-corrected chi connectivity index (χ4v) is 5.01. The topological polar surface area (TPSA) is 152 Å². The fraction of sp³-hybridized carbons (Fsp3) is 0.379. The molecule has 0 aromatic heterocycles. The first-order valence-electron chi connectivity index (χ1n) is 13.1. The summed E-state index contributed by atoms with van der Waals surface area (Å²) in [6.45, 7) is 0.541. The molecule has 0 unspecified atom stereocenters. The second-order valence-electron chi connectivity index (χ2n) is 10.3. The number of hydrogen-bond donors (Lipinski definition) is 5. The Labute approximate surface area is 231 Å². The van der Waals surface area contributed by atoms with Gasteiger partial charge in [-0.3, -0.25) is 14.5 Å². The lowest BCUT2D eigenvalue weighted by molar-refractivity contribution is -0.277. The zero-order valence-electron chi connectivity index (χ0n) is 22.2. The average Bonchev–Trinajstić information content (AvgIpc) is 2.95. The van der Waals surface area contributed by atoms with Crippen molar-refractivity contribution < 1.29 is 39.5 Å². The number of carbonyl (C=O) groups excluding carboxylic acids is 2. The zero-order chi connectivity index (χ0) is 28.6. The summed E-state index contributed by atoms with van der Waals surface area (Å²) >= 11 is 0. The van der Waals surface area contributed by atoms with Crippen LogP contribution in [0.3, 0.4) is 0 Å². The standard InChI is InChI=1S/C29H33N3O8/c1-31(2)10-11-32-27(37)19-8-5-7-16-12-18(13-20(23(16)19)28(32)38)30-14-17-6-3-4-9-21(17)39-29-26(36)25(35)24(34)22(15-33)40-29/h3-9,12-13,22,24-26,29-30,33-36H,10-11,14-15H2,1-2H3/t22-,24-,25+,26-,29+/m1/s1. The van der Waals surface area contributed by atoms with E-state index >= 15 is 0 Å². The number of benzene rings is 3. The molecule has 40 heavy (non-hydrogen) atoms. The van der Waals surface area contributed by atoms with Crippen LogP contribution in [-0.2, 0) is 11.3 Å². The summed E-state index contributed by atoms with van der Waals surface area (Å²) in [5.41, 5.74) is 2.30. The van der Waals surface area contributed by atoms with Gasteiger partial charge in [-0.25, -0.2) is 0 Å². The van der Waals surface area contributed by atoms with Crippen LogP contribution in [-0.4, -0.2) is 107 Å². The van der Waals surface area contributed by atoms with Gasteiger partial charge in [0, 0.05) is 41.8 Å². The maximum Gasteiger partial charge on any atom is 0.261 e. The van der Waals surface area contributed by atoms with Gasteiger partial charge in [0.05, 0.1) is 12.2 Å². The van der Waals surface area contributed by atoms with Crippen LogP contribution in [0.4, 0.5) is 5.69 Å². The van der Waals surface area contributed by atoms with Gasteiger partial charge in [-0.05, 0) is 43.7 Å². The Hall–Kier alpha value is -3.58. The monoisotopic (exact) mass is 551 g/mol. The molecule has 11 heteroatoms. The number of aliphatic hydroxyl groups excluding tert-OH is 4. The number of aliphatic hydroxyl groups is 4. The van der Waals surface area contributed by atoms with Crippen LogP contribution in [0, 0.1) is 0 Å². The molecule has 2 aliphatic rings. The zero-order valence-corrected chi connectivity index (χ0v) is 22.2. The van der Waals surface area contributed by atoms with Gasteiger partial charge >= 0.3 is 0 Å². The lowest BCUT2D eigenvalue weighted by Crippen LogP contribution is -2.60. The van der Waals surface area contributed by atoms with Crippen LogP contribution in [0.2, 0.25) is 0 Å². The minimum atomic E-state index is -1.55. The van der Waals surface area contributed by atoms with Gasteiger partial charge in [0.15, 0.2) is 0 Å². The number of rotatable bonds is 9. The summed E-state index contributed by atoms with van der Waals surface area (Å²) in [7, 11) is 3.77. The first-order chi connectivity index (χ1) is 19.2. The Kier molecular flexibility index (Phi) is 8.04. The van der Waals surface area contributed by atoms with Gasteiger partial charge in [-0.2, -0.15) is 0 Å². The summed E-state index contributed by atoms with van der Waals surface area (Å²) in [6.07, 6.45) is -6.98. The molecule has 0 spiro atoms. The normalized spacial score (nSPS) is 24.6. The molecule has 2 aliphatic heterocycles. The van der Waals surface area contributed by atoms with Crippen molar-refractivity contribution in [2.75, 3.05) is 39.1 Å². The Balaban J connectivity index is 1.38. The number of imide groups is 1. The maximum atomic E-state index is 13.4. The van der Waals surface area contributed by atoms with E-state index in [4.69, 9.17) is 9.47 Å². The van der Waals surface area contributed by atoms with E-state index in [9.17, 15) is 30.0 Å². The van der Waals surface area contributed by atoms with E-state index in [0.717, 1.165) is 5.39 Å². The summed E-state index contributed by atoms with van der Waals surface area (Å²) in [5, 5.41) is 44.7. The van der Waals surface area contributed by atoms with E-state index in [1.54, 1.807) is 30.3 Å². The molecule has 0 bridgehead atoms. The number of nitrogens with zero attached hydrogens (tertiary/aromatic N) is 2. The van der Waals surface area contributed by atoms with E-state index in [-0.39, 0.29) is 24.9 Å². The van der Waals surface area contributed by atoms with E-state index in [2.05, 4.69) is 5.32 Å². The van der Waals surface area contributed by atoms with Gasteiger partial charge in [0.1, 0.15) is 30.2 Å². The van der Waals surface area contributed by atoms with E-state index in [0.29, 0.717) is 40.1 Å². The largest absolute Gasteiger partial charge is 0.462 e. The Morgan fingerprint density at radius 1 is 0.950 bits per heavy atom. The van der Waals surface area contributed by atoms with Gasteiger partial charge in [-0.1, -0.05) is 30.3 Å². The SMILES string of the molecule is CN(C)CCN1C(=O)c2cccc3cc(NCc4ccccc4O[C@H]4O[C@H](CO)[C@@H](O)[C@H](O)[C@H]4O)cc(c23)C1=O. The average molecular weight is 552 g/mol. The molecule has 0 radical (unpaired) electrons. The number of likely N-dealkylation sites (N-methyl/N-ethyl adjacent to an activating group) is 1. The second-order valence-corrected chi connectivity index (χ2v) is 10.3. The summed E-state index contributed by atoms with van der Waals surface area (Å²) in [6, 6.07) is 16.0. The number of nitrogens with one attached hydrogen (secondary N) is 1. The first kappa shape index (κ1) is 28.0. The molecule has 3 aromatic rings. The van der Waals surface area contributed by atoms with Crippen LogP contribution in [0.5, 0.6) is 5.75 Å². The van der Waals surface area contributed by atoms with Crippen molar-refractivity contribution in [2.45, 2.75) is 37.3 Å². The van der Waals surface area contributed by atoms with Crippen molar-refractivity contribution >= 4 is 28.3 Å². The van der Waals surface area contributed by atoms with Crippen molar-refractivity contribution in [1.82, 2.24) is 9.80 Å². The molecule has 2 heterocycles. The number of ether oxygens (including phenoxy) is 2. The van der Waals surface area contributed by atoms with Crippen LogP contribution in [0.15, 0.2) is 54.6 Å². The van der Waals surface area contributed by atoms with Crippen molar-refractivity contribution in [3.63, 3.8) is 0 Å². The van der Waals surface area contributed by atoms with Crippen molar-refractivity contribution in [2.24, 2.45) is 0 Å². The molecule has 11 nitrogen and oxygen atoms in total. The van der Waals surface area contributed by atoms with Crippen LogP contribution in [0.25, 0.3) is 10.8 Å². The van der Waals surface area contributed by atoms with Gasteiger partial charge in [-0.15, -0.1) is 0 Å². The molecular formula is C29H33N3O8. The Morgan fingerprint density at radius 2 is 1.70 bits per heavy atom.